The fourth-order valence-electron chi connectivity index (χ4n) is 3.66. The molecule has 2 heterocycles. The number of pyridine rings is 1. The van der Waals surface area contributed by atoms with E-state index in [0.717, 1.165) is 0 Å². The van der Waals surface area contributed by atoms with Gasteiger partial charge in [0.05, 0.1) is 13.5 Å². The van der Waals surface area contributed by atoms with Crippen molar-refractivity contribution >= 4 is 16.9 Å². The molecule has 0 radical (unpaired) electrons. The monoisotopic (exact) mass is 433 g/mol. The first-order chi connectivity index (χ1) is 15.4. The lowest BCUT2D eigenvalue weighted by atomic mass is 9.87. The number of phenolic OH excluding ortho intramolecular Hbond substituents is 3. The Morgan fingerprint density at radius 1 is 1.06 bits per heavy atom. The molecule has 0 aliphatic rings. The van der Waals surface area contributed by atoms with Crippen molar-refractivity contribution in [1.82, 2.24) is 4.98 Å². The highest BCUT2D eigenvalue weighted by atomic mass is 16.5. The molecule has 3 N–H and O–H groups in total. The summed E-state index contributed by atoms with van der Waals surface area (Å²) in [5.41, 5.74) is 0.287. The van der Waals surface area contributed by atoms with Crippen LogP contribution in [-0.4, -0.2) is 33.4 Å². The Kier molecular flexibility index (Phi) is 5.51. The van der Waals surface area contributed by atoms with E-state index in [-0.39, 0.29) is 28.7 Å². The summed E-state index contributed by atoms with van der Waals surface area (Å²) in [6.45, 7) is 0. The van der Waals surface area contributed by atoms with Gasteiger partial charge in [-0.15, -0.1) is 0 Å². The largest absolute Gasteiger partial charge is 0.504 e. The van der Waals surface area contributed by atoms with Crippen molar-refractivity contribution in [2.24, 2.45) is 0 Å². The predicted molar refractivity (Wildman–Crippen MR) is 116 cm³/mol. The van der Waals surface area contributed by atoms with E-state index in [1.165, 1.54) is 19.4 Å². The first-order valence-corrected chi connectivity index (χ1v) is 9.69. The van der Waals surface area contributed by atoms with E-state index in [2.05, 4.69) is 4.98 Å². The average molecular weight is 433 g/mol. The highest BCUT2D eigenvalue weighted by Gasteiger charge is 2.31. The van der Waals surface area contributed by atoms with Gasteiger partial charge in [0.15, 0.2) is 16.9 Å². The Labute approximate surface area is 182 Å². The molecule has 32 heavy (non-hydrogen) atoms. The topological polar surface area (TPSA) is 130 Å². The summed E-state index contributed by atoms with van der Waals surface area (Å²) < 4.78 is 10.8. The van der Waals surface area contributed by atoms with Gasteiger partial charge in [0.2, 0.25) is 5.75 Å². The molecule has 0 aliphatic carbocycles. The standard InChI is InChI=1S/C24H19NO7/c1-31-18(27)10-15(14-8-5-9-25-12-14)19-21(28)23(30)22(29)20-16(26)11-17(32-24(19)20)13-6-3-2-4-7-13/h2-9,11-12,15,28-30H,10H2,1H3/t15-/m0/s1. The van der Waals surface area contributed by atoms with Crippen LogP contribution in [0.25, 0.3) is 22.3 Å². The van der Waals surface area contributed by atoms with Crippen LogP contribution < -0.4 is 5.43 Å². The molecule has 0 saturated carbocycles. The third-order valence-corrected chi connectivity index (χ3v) is 5.22. The maximum atomic E-state index is 12.9. The van der Waals surface area contributed by atoms with Gasteiger partial charge < -0.3 is 24.5 Å². The van der Waals surface area contributed by atoms with Gasteiger partial charge in [0.25, 0.3) is 0 Å². The zero-order chi connectivity index (χ0) is 22.8. The molecule has 0 amide bonds. The maximum absolute atomic E-state index is 12.9. The van der Waals surface area contributed by atoms with Crippen molar-refractivity contribution in [2.45, 2.75) is 12.3 Å². The molecule has 2 aromatic heterocycles. The number of aromatic hydroxyl groups is 3. The third kappa shape index (κ3) is 3.62. The minimum Gasteiger partial charge on any atom is -0.504 e. The van der Waals surface area contributed by atoms with Gasteiger partial charge in [-0.1, -0.05) is 36.4 Å². The number of hydrogen-bond acceptors (Lipinski definition) is 8. The molecule has 1 atom stereocenters. The molecule has 0 fully saturated rings. The molecule has 4 aromatic rings. The number of carbonyl (C=O) groups excluding carboxylic acids is 1. The summed E-state index contributed by atoms with van der Waals surface area (Å²) in [5, 5.41) is 31.3. The van der Waals surface area contributed by atoms with Gasteiger partial charge in [-0.05, 0) is 11.6 Å². The van der Waals surface area contributed by atoms with Gasteiger partial charge >= 0.3 is 5.97 Å². The van der Waals surface area contributed by atoms with Gasteiger partial charge in [0, 0.05) is 35.5 Å². The van der Waals surface area contributed by atoms with E-state index in [0.29, 0.717) is 11.1 Å². The molecule has 2 aromatic carbocycles. The number of ether oxygens (including phenoxy) is 1. The SMILES string of the molecule is COC(=O)C[C@@H](c1cccnc1)c1c(O)c(O)c(O)c2c(=O)cc(-c3ccccc3)oc12. The Morgan fingerprint density at radius 2 is 1.81 bits per heavy atom. The van der Waals surface area contributed by atoms with Crippen LogP contribution in [0.1, 0.15) is 23.5 Å². The molecule has 0 aliphatic heterocycles. The highest BCUT2D eigenvalue weighted by molar-refractivity contribution is 5.93. The van der Waals surface area contributed by atoms with Crippen molar-refractivity contribution < 1.29 is 29.3 Å². The van der Waals surface area contributed by atoms with Crippen LogP contribution in [0.15, 0.2) is 70.1 Å². The van der Waals surface area contributed by atoms with Crippen molar-refractivity contribution in [3.63, 3.8) is 0 Å². The number of aromatic nitrogens is 1. The Morgan fingerprint density at radius 3 is 2.47 bits per heavy atom. The summed E-state index contributed by atoms with van der Waals surface area (Å²) >= 11 is 0. The fourth-order valence-corrected chi connectivity index (χ4v) is 3.66. The van der Waals surface area contributed by atoms with Gasteiger partial charge in [0.1, 0.15) is 16.7 Å². The van der Waals surface area contributed by atoms with Crippen LogP contribution in [0.3, 0.4) is 0 Å². The van der Waals surface area contributed by atoms with E-state index < -0.39 is 34.6 Å². The maximum Gasteiger partial charge on any atom is 0.306 e. The predicted octanol–water partition coefficient (Wildman–Crippen LogP) is 3.67. The molecule has 4 rings (SSSR count). The van der Waals surface area contributed by atoms with Gasteiger partial charge in [-0.3, -0.25) is 14.6 Å². The lowest BCUT2D eigenvalue weighted by molar-refractivity contribution is -0.140. The fraction of sp³-hybridized carbons (Fsp3) is 0.125. The smallest absolute Gasteiger partial charge is 0.306 e. The molecular formula is C24H19NO7. The number of hydrogen-bond donors (Lipinski definition) is 3. The van der Waals surface area contributed by atoms with Crippen LogP contribution in [0, 0.1) is 0 Å². The number of rotatable bonds is 5. The molecule has 0 bridgehead atoms. The minimum atomic E-state index is -0.890. The first kappa shape index (κ1) is 20.9. The third-order valence-electron chi connectivity index (χ3n) is 5.22. The second-order valence-corrected chi connectivity index (χ2v) is 7.12. The van der Waals surface area contributed by atoms with Crippen molar-refractivity contribution in [3.05, 3.63) is 82.3 Å². The van der Waals surface area contributed by atoms with Crippen LogP contribution in [0.4, 0.5) is 0 Å². The number of phenols is 3. The molecule has 0 spiro atoms. The summed E-state index contributed by atoms with van der Waals surface area (Å²) in [5.74, 6) is -3.69. The van der Waals surface area contributed by atoms with Crippen molar-refractivity contribution in [1.29, 1.82) is 0 Å². The van der Waals surface area contributed by atoms with Crippen LogP contribution >= 0.6 is 0 Å². The number of fused-ring (bicyclic) bond motifs is 1. The van der Waals surface area contributed by atoms with E-state index in [9.17, 15) is 24.9 Å². The normalized spacial score (nSPS) is 11.9. The molecule has 0 saturated heterocycles. The first-order valence-electron chi connectivity index (χ1n) is 9.69. The van der Waals surface area contributed by atoms with E-state index in [1.54, 1.807) is 48.7 Å². The Balaban J connectivity index is 2.09. The summed E-state index contributed by atoms with van der Waals surface area (Å²) in [6.07, 6.45) is 2.79. The lowest BCUT2D eigenvalue weighted by Gasteiger charge is -2.20. The van der Waals surface area contributed by atoms with Crippen LogP contribution in [0.2, 0.25) is 0 Å². The van der Waals surface area contributed by atoms with Crippen LogP contribution in [0.5, 0.6) is 17.2 Å². The number of methoxy groups -OCH3 is 1. The zero-order valence-corrected chi connectivity index (χ0v) is 17.0. The van der Waals surface area contributed by atoms with Crippen LogP contribution in [-0.2, 0) is 9.53 Å². The van der Waals surface area contributed by atoms with Gasteiger partial charge in [-0.25, -0.2) is 0 Å². The second-order valence-electron chi connectivity index (χ2n) is 7.12. The lowest BCUT2D eigenvalue weighted by Crippen LogP contribution is -2.12. The minimum absolute atomic E-state index is 0.0384. The van der Waals surface area contributed by atoms with Crippen molar-refractivity contribution in [2.75, 3.05) is 7.11 Å². The molecule has 8 nitrogen and oxygen atoms in total. The number of benzene rings is 2. The summed E-state index contributed by atoms with van der Waals surface area (Å²) in [6, 6.07) is 13.3. The Bertz CT molecular complexity index is 1350. The van der Waals surface area contributed by atoms with E-state index in [4.69, 9.17) is 9.15 Å². The van der Waals surface area contributed by atoms with Crippen molar-refractivity contribution in [3.8, 4) is 28.6 Å². The van der Waals surface area contributed by atoms with E-state index >= 15 is 0 Å². The van der Waals surface area contributed by atoms with Gasteiger partial charge in [-0.2, -0.15) is 0 Å². The zero-order valence-electron chi connectivity index (χ0n) is 17.0. The number of carbonyl (C=O) groups is 1. The molecular weight excluding hydrogens is 414 g/mol. The second kappa shape index (κ2) is 8.43. The van der Waals surface area contributed by atoms with E-state index in [1.807, 2.05) is 0 Å². The average Bonchev–Trinajstić information content (AvgIpc) is 2.82. The summed E-state index contributed by atoms with van der Waals surface area (Å²) in [4.78, 5) is 29.2. The highest BCUT2D eigenvalue weighted by Crippen LogP contribution is 2.49. The molecule has 0 unspecified atom stereocenters. The Hall–Kier alpha value is -4.33. The quantitative estimate of drug-likeness (QED) is 0.321. The number of nitrogens with zero attached hydrogens (tertiary/aromatic N) is 1. The molecule has 162 valence electrons. The number of esters is 1. The summed E-state index contributed by atoms with van der Waals surface area (Å²) in [7, 11) is 1.22. The molecule has 8 heteroatoms.